The van der Waals surface area contributed by atoms with Crippen molar-refractivity contribution in [1.82, 2.24) is 16.0 Å². The van der Waals surface area contributed by atoms with Crippen molar-refractivity contribution in [3.63, 3.8) is 0 Å². The van der Waals surface area contributed by atoms with Crippen molar-refractivity contribution in [3.8, 4) is 0 Å². The highest BCUT2D eigenvalue weighted by atomic mass is 15.2. The molecule has 1 atom stereocenters. The zero-order valence-corrected chi connectivity index (χ0v) is 9.55. The predicted molar refractivity (Wildman–Crippen MR) is 60.4 cm³/mol. The summed E-state index contributed by atoms with van der Waals surface area (Å²) < 4.78 is 0. The Morgan fingerprint density at radius 2 is 2.07 bits per heavy atom. The zero-order chi connectivity index (χ0) is 10.2. The molecule has 0 aromatic rings. The lowest BCUT2D eigenvalue weighted by Crippen LogP contribution is -2.54. The molecule has 2 N–H and O–H groups in total. The molecular formula is C11H24N3. The SMILES string of the molecule is CCCC(CCC)NC1CNCC[N]1. The van der Waals surface area contributed by atoms with Crippen LogP contribution in [0.15, 0.2) is 0 Å². The lowest BCUT2D eigenvalue weighted by atomic mass is 10.1. The summed E-state index contributed by atoms with van der Waals surface area (Å²) in [5, 5.41) is 11.6. The van der Waals surface area contributed by atoms with Crippen LogP contribution in [0.4, 0.5) is 0 Å². The summed E-state index contributed by atoms with van der Waals surface area (Å²) in [6.45, 7) is 7.51. The van der Waals surface area contributed by atoms with E-state index in [1.165, 1.54) is 25.7 Å². The van der Waals surface area contributed by atoms with Gasteiger partial charge in [0.2, 0.25) is 0 Å². The molecule has 3 nitrogen and oxygen atoms in total. The molecule has 0 saturated carbocycles. The third-order valence-electron chi connectivity index (χ3n) is 2.68. The van der Waals surface area contributed by atoms with E-state index in [9.17, 15) is 0 Å². The fraction of sp³-hybridized carbons (Fsp3) is 1.00. The Morgan fingerprint density at radius 1 is 1.36 bits per heavy atom. The Labute approximate surface area is 88.0 Å². The Kier molecular flexibility index (Phi) is 6.15. The fourth-order valence-electron chi connectivity index (χ4n) is 1.99. The van der Waals surface area contributed by atoms with Crippen LogP contribution in [0, 0.1) is 0 Å². The first-order valence-corrected chi connectivity index (χ1v) is 6.00. The molecule has 1 unspecified atom stereocenters. The van der Waals surface area contributed by atoms with Gasteiger partial charge in [0.05, 0.1) is 6.17 Å². The van der Waals surface area contributed by atoms with E-state index in [0.717, 1.165) is 19.6 Å². The second-order valence-electron chi connectivity index (χ2n) is 4.07. The van der Waals surface area contributed by atoms with E-state index >= 15 is 0 Å². The topological polar surface area (TPSA) is 38.2 Å². The van der Waals surface area contributed by atoms with Gasteiger partial charge >= 0.3 is 0 Å². The lowest BCUT2D eigenvalue weighted by Gasteiger charge is -2.28. The van der Waals surface area contributed by atoms with Crippen molar-refractivity contribution in [2.45, 2.75) is 51.7 Å². The average Bonchev–Trinajstić information content (AvgIpc) is 2.20. The molecule has 3 heteroatoms. The first kappa shape index (κ1) is 12.0. The van der Waals surface area contributed by atoms with Gasteiger partial charge < -0.3 is 5.32 Å². The molecule has 83 valence electrons. The second kappa shape index (κ2) is 7.21. The Morgan fingerprint density at radius 3 is 2.57 bits per heavy atom. The summed E-state index contributed by atoms with van der Waals surface area (Å²) in [6, 6.07) is 0.665. The van der Waals surface area contributed by atoms with E-state index < -0.39 is 0 Å². The summed E-state index contributed by atoms with van der Waals surface area (Å²) >= 11 is 0. The Balaban J connectivity index is 2.21. The van der Waals surface area contributed by atoms with Crippen LogP contribution in [-0.4, -0.2) is 31.8 Å². The molecule has 1 radical (unpaired) electrons. The van der Waals surface area contributed by atoms with E-state index in [1.54, 1.807) is 0 Å². The molecule has 1 aliphatic rings. The number of hydrogen-bond acceptors (Lipinski definition) is 2. The minimum absolute atomic E-state index is 0.354. The highest BCUT2D eigenvalue weighted by Crippen LogP contribution is 2.05. The maximum Gasteiger partial charge on any atom is 0.0864 e. The summed E-state index contributed by atoms with van der Waals surface area (Å²) in [5.74, 6) is 0. The van der Waals surface area contributed by atoms with Gasteiger partial charge in [0, 0.05) is 25.7 Å². The molecule has 0 spiro atoms. The van der Waals surface area contributed by atoms with Gasteiger partial charge in [-0.25, -0.2) is 5.32 Å². The van der Waals surface area contributed by atoms with Gasteiger partial charge in [0.15, 0.2) is 0 Å². The molecule has 1 rings (SSSR count). The largest absolute Gasteiger partial charge is 0.312 e. The molecule has 0 aliphatic carbocycles. The van der Waals surface area contributed by atoms with Crippen LogP contribution in [0.3, 0.4) is 0 Å². The van der Waals surface area contributed by atoms with Gasteiger partial charge in [-0.3, -0.25) is 5.32 Å². The molecular weight excluding hydrogens is 174 g/mol. The van der Waals surface area contributed by atoms with E-state index in [1.807, 2.05) is 0 Å². The average molecular weight is 198 g/mol. The van der Waals surface area contributed by atoms with Gasteiger partial charge in [-0.15, -0.1) is 0 Å². The molecule has 1 fully saturated rings. The van der Waals surface area contributed by atoms with Crippen LogP contribution in [0.25, 0.3) is 0 Å². The molecule has 14 heavy (non-hydrogen) atoms. The molecule has 0 amide bonds. The molecule has 1 saturated heterocycles. The van der Waals surface area contributed by atoms with Crippen molar-refractivity contribution in [3.05, 3.63) is 0 Å². The van der Waals surface area contributed by atoms with E-state index in [2.05, 4.69) is 29.8 Å². The highest BCUT2D eigenvalue weighted by molar-refractivity contribution is 4.77. The fourth-order valence-corrected chi connectivity index (χ4v) is 1.99. The minimum Gasteiger partial charge on any atom is -0.312 e. The van der Waals surface area contributed by atoms with Crippen LogP contribution < -0.4 is 16.0 Å². The van der Waals surface area contributed by atoms with Crippen LogP contribution >= 0.6 is 0 Å². The number of nitrogens with zero attached hydrogens (tertiary/aromatic N) is 1. The molecule has 1 heterocycles. The van der Waals surface area contributed by atoms with Crippen LogP contribution in [-0.2, 0) is 0 Å². The van der Waals surface area contributed by atoms with Crippen molar-refractivity contribution in [2.75, 3.05) is 19.6 Å². The van der Waals surface area contributed by atoms with E-state index in [0.29, 0.717) is 12.2 Å². The van der Waals surface area contributed by atoms with Crippen molar-refractivity contribution in [2.24, 2.45) is 0 Å². The van der Waals surface area contributed by atoms with Gasteiger partial charge in [0.1, 0.15) is 0 Å². The Bertz CT molecular complexity index is 126. The Hall–Kier alpha value is -0.120. The first-order valence-electron chi connectivity index (χ1n) is 6.00. The molecule has 0 aromatic carbocycles. The standard InChI is InChI=1S/C11H24N3/c1-3-5-10(6-4-2)14-11-9-12-7-8-13-11/h10-12,14H,3-9H2,1-2H3. The van der Waals surface area contributed by atoms with Gasteiger partial charge in [-0.1, -0.05) is 26.7 Å². The maximum atomic E-state index is 4.56. The third kappa shape index (κ3) is 4.40. The van der Waals surface area contributed by atoms with Crippen molar-refractivity contribution < 1.29 is 0 Å². The summed E-state index contributed by atoms with van der Waals surface area (Å²) in [6.07, 6.45) is 5.43. The highest BCUT2D eigenvalue weighted by Gasteiger charge is 2.16. The number of hydrogen-bond donors (Lipinski definition) is 2. The molecule has 1 aliphatic heterocycles. The van der Waals surface area contributed by atoms with Crippen molar-refractivity contribution >= 4 is 0 Å². The van der Waals surface area contributed by atoms with Crippen molar-refractivity contribution in [1.29, 1.82) is 0 Å². The van der Waals surface area contributed by atoms with Crippen LogP contribution in [0.5, 0.6) is 0 Å². The van der Waals surface area contributed by atoms with Crippen LogP contribution in [0.1, 0.15) is 39.5 Å². The van der Waals surface area contributed by atoms with Crippen LogP contribution in [0.2, 0.25) is 0 Å². The zero-order valence-electron chi connectivity index (χ0n) is 9.55. The summed E-state index contributed by atoms with van der Waals surface area (Å²) in [7, 11) is 0. The number of nitrogens with one attached hydrogen (secondary N) is 2. The third-order valence-corrected chi connectivity index (χ3v) is 2.68. The minimum atomic E-state index is 0.354. The van der Waals surface area contributed by atoms with Gasteiger partial charge in [0.25, 0.3) is 0 Å². The van der Waals surface area contributed by atoms with Gasteiger partial charge in [-0.2, -0.15) is 0 Å². The summed E-state index contributed by atoms with van der Waals surface area (Å²) in [5.41, 5.74) is 0. The lowest BCUT2D eigenvalue weighted by molar-refractivity contribution is 0.300. The van der Waals surface area contributed by atoms with E-state index in [4.69, 9.17) is 0 Å². The number of rotatable bonds is 6. The quantitative estimate of drug-likeness (QED) is 0.670. The maximum absolute atomic E-state index is 4.56. The predicted octanol–water partition coefficient (Wildman–Crippen LogP) is 1.08. The normalized spacial score (nSPS) is 22.9. The molecule has 0 aromatic heterocycles. The van der Waals surface area contributed by atoms with Gasteiger partial charge in [-0.05, 0) is 12.8 Å². The monoisotopic (exact) mass is 198 g/mol. The molecule has 0 bridgehead atoms. The summed E-state index contributed by atoms with van der Waals surface area (Å²) in [4.78, 5) is 0. The smallest absolute Gasteiger partial charge is 0.0864 e. The number of piperazine rings is 1. The van der Waals surface area contributed by atoms with E-state index in [-0.39, 0.29) is 0 Å². The first-order chi connectivity index (χ1) is 6.86. The second-order valence-corrected chi connectivity index (χ2v) is 4.07.